The molecule has 5 atom stereocenters. The first-order chi connectivity index (χ1) is 19.2. The summed E-state index contributed by atoms with van der Waals surface area (Å²) < 4.78 is 45.9. The number of benzene rings is 2. The average Bonchev–Trinajstić information content (AvgIpc) is 3.21. The van der Waals surface area contributed by atoms with Crippen LogP contribution in [-0.4, -0.2) is 49.3 Å². The summed E-state index contributed by atoms with van der Waals surface area (Å²) in [5, 5.41) is 12.6. The molecular weight excluding hydrogens is 547 g/mol. The fourth-order valence-electron chi connectivity index (χ4n) is 6.14. The van der Waals surface area contributed by atoms with Crippen molar-refractivity contribution in [2.24, 2.45) is 17.8 Å². The van der Waals surface area contributed by atoms with E-state index in [0.717, 1.165) is 12.0 Å². The van der Waals surface area contributed by atoms with Crippen molar-refractivity contribution in [3.8, 4) is 17.2 Å². The minimum absolute atomic E-state index is 0.0524. The number of sulfonamides is 1. The van der Waals surface area contributed by atoms with Crippen molar-refractivity contribution in [1.82, 2.24) is 10.2 Å². The second-order valence-corrected chi connectivity index (χ2v) is 13.8. The van der Waals surface area contributed by atoms with E-state index in [0.29, 0.717) is 29.2 Å². The molecule has 2 aromatic carbocycles. The Balaban J connectivity index is 1.28. The summed E-state index contributed by atoms with van der Waals surface area (Å²) in [6.07, 6.45) is 1.06. The van der Waals surface area contributed by atoms with Crippen LogP contribution in [0, 0.1) is 34.9 Å². The molecule has 1 saturated heterocycles. The van der Waals surface area contributed by atoms with Crippen molar-refractivity contribution in [1.29, 1.82) is 5.26 Å². The summed E-state index contributed by atoms with van der Waals surface area (Å²) in [7, 11) is -3.41. The maximum Gasteiger partial charge on any atom is 0.415 e. The predicted molar refractivity (Wildman–Crippen MR) is 151 cm³/mol. The van der Waals surface area contributed by atoms with Crippen LogP contribution in [0.15, 0.2) is 53.7 Å². The van der Waals surface area contributed by atoms with E-state index in [9.17, 15) is 23.3 Å². The highest BCUT2D eigenvalue weighted by atomic mass is 32.2. The fourth-order valence-corrected chi connectivity index (χ4v) is 6.70. The van der Waals surface area contributed by atoms with E-state index < -0.39 is 45.5 Å². The molecule has 0 spiro atoms. The first kappa shape index (κ1) is 28.6. The van der Waals surface area contributed by atoms with Crippen molar-refractivity contribution in [2.45, 2.75) is 58.2 Å². The standard InChI is InChI=1S/C30H33FN4O5S/c1-16-25-22-14-24(26(16)25)35(29(37)40-30(2,3)4)27(22)28(36)33-21(15-32)12-19-7-6-18(13-23(19)31)17-8-10-20(11-9-17)34-41(5,38)39/h6-11,13,16,21-22,25,27,34H,12,14H2,1-5H3,(H,33,36)/t16-,21-,22+,25+,27-/m0/s1. The molecule has 11 heteroatoms. The number of rotatable bonds is 7. The van der Waals surface area contributed by atoms with Gasteiger partial charge in [0.25, 0.3) is 0 Å². The van der Waals surface area contributed by atoms with Crippen LogP contribution in [0.1, 0.15) is 39.7 Å². The van der Waals surface area contributed by atoms with Crippen LogP contribution in [0.3, 0.4) is 0 Å². The maximum atomic E-state index is 15.1. The Morgan fingerprint density at radius 1 is 1.17 bits per heavy atom. The van der Waals surface area contributed by atoms with Gasteiger partial charge in [-0.25, -0.2) is 17.6 Å². The number of anilines is 1. The van der Waals surface area contributed by atoms with Crippen LogP contribution in [0.5, 0.6) is 0 Å². The Kier molecular flexibility index (Phi) is 7.10. The van der Waals surface area contributed by atoms with Crippen molar-refractivity contribution < 1.29 is 27.1 Å². The molecule has 2 amide bonds. The van der Waals surface area contributed by atoms with Gasteiger partial charge in [0.15, 0.2) is 0 Å². The second-order valence-electron chi connectivity index (χ2n) is 12.0. The van der Waals surface area contributed by atoms with Gasteiger partial charge in [0.2, 0.25) is 15.9 Å². The van der Waals surface area contributed by atoms with Gasteiger partial charge in [-0.2, -0.15) is 5.26 Å². The topological polar surface area (TPSA) is 129 Å². The minimum atomic E-state index is -3.41. The van der Waals surface area contributed by atoms with Crippen LogP contribution < -0.4 is 10.0 Å². The molecule has 2 N–H and O–H groups in total. The normalized spacial score (nSPS) is 23.5. The third-order valence-electron chi connectivity index (χ3n) is 7.81. The number of nitrogens with zero attached hydrogens (tertiary/aromatic N) is 2. The Labute approximate surface area is 239 Å². The number of amides is 2. The van der Waals surface area contributed by atoms with E-state index in [1.165, 1.54) is 16.5 Å². The molecule has 1 heterocycles. The molecule has 0 aromatic heterocycles. The number of ether oxygens (including phenoxy) is 1. The molecule has 2 aliphatic carbocycles. The number of fused-ring (bicyclic) bond motifs is 4. The van der Waals surface area contributed by atoms with E-state index in [-0.39, 0.29) is 23.8 Å². The summed E-state index contributed by atoms with van der Waals surface area (Å²) >= 11 is 0. The Bertz CT molecular complexity index is 1590. The van der Waals surface area contributed by atoms with Crippen LogP contribution >= 0.6 is 0 Å². The third-order valence-corrected chi connectivity index (χ3v) is 8.41. The van der Waals surface area contributed by atoms with Gasteiger partial charge in [0, 0.05) is 23.7 Å². The number of carbonyl (C=O) groups excluding carboxylic acids is 2. The molecule has 2 aromatic rings. The van der Waals surface area contributed by atoms with E-state index in [1.54, 1.807) is 57.2 Å². The zero-order valence-corrected chi connectivity index (χ0v) is 24.4. The van der Waals surface area contributed by atoms with Gasteiger partial charge < -0.3 is 10.1 Å². The quantitative estimate of drug-likeness (QED) is 0.494. The lowest BCUT2D eigenvalue weighted by atomic mass is 9.93. The zero-order chi connectivity index (χ0) is 29.9. The molecular formula is C30H33FN4O5S. The van der Waals surface area contributed by atoms with Crippen LogP contribution in [0.4, 0.5) is 14.9 Å². The number of likely N-dealkylation sites (tertiary alicyclic amines) is 1. The van der Waals surface area contributed by atoms with Gasteiger partial charge in [-0.1, -0.05) is 31.2 Å². The summed E-state index contributed by atoms with van der Waals surface area (Å²) in [6, 6.07) is 11.4. The Hall–Kier alpha value is -3.91. The fraction of sp³-hybridized carbons (Fsp3) is 0.433. The molecule has 216 valence electrons. The molecule has 1 saturated carbocycles. The number of hydrogen-bond acceptors (Lipinski definition) is 6. The minimum Gasteiger partial charge on any atom is -0.443 e. The van der Waals surface area contributed by atoms with E-state index in [2.05, 4.69) is 23.0 Å². The van der Waals surface area contributed by atoms with E-state index in [1.807, 2.05) is 0 Å². The second kappa shape index (κ2) is 10.2. The smallest absolute Gasteiger partial charge is 0.415 e. The molecule has 1 aliphatic heterocycles. The number of allylic oxidation sites excluding steroid dienone is 2. The molecule has 41 heavy (non-hydrogen) atoms. The summed E-state index contributed by atoms with van der Waals surface area (Å²) in [5.74, 6) is -0.455. The van der Waals surface area contributed by atoms with Gasteiger partial charge in [0.05, 0.1) is 12.3 Å². The lowest BCUT2D eigenvalue weighted by Crippen LogP contribution is -2.53. The summed E-state index contributed by atoms with van der Waals surface area (Å²) in [5.41, 5.74) is 3.25. The van der Waals surface area contributed by atoms with Crippen LogP contribution in [0.25, 0.3) is 11.1 Å². The van der Waals surface area contributed by atoms with Gasteiger partial charge in [-0.15, -0.1) is 0 Å². The molecule has 9 nitrogen and oxygen atoms in total. The molecule has 0 unspecified atom stereocenters. The zero-order valence-electron chi connectivity index (χ0n) is 23.6. The van der Waals surface area contributed by atoms with Crippen molar-refractivity contribution in [3.05, 3.63) is 65.1 Å². The number of halogens is 1. The maximum absolute atomic E-state index is 15.1. The van der Waals surface area contributed by atoms with E-state index >= 15 is 4.39 Å². The third kappa shape index (κ3) is 5.79. The SMILES string of the molecule is C[C@@H]1C2=C3C[C@H]([C@H]21)[C@@H](C(=O)N[C@H](C#N)Cc1ccc(-c2ccc(NS(C)(=O)=O)cc2)cc1F)N3C(=O)OC(C)(C)C. The Morgan fingerprint density at radius 3 is 2.41 bits per heavy atom. The molecule has 0 radical (unpaired) electrons. The van der Waals surface area contributed by atoms with Gasteiger partial charge in [0.1, 0.15) is 23.5 Å². The first-order valence-electron chi connectivity index (χ1n) is 13.5. The Morgan fingerprint density at radius 2 is 1.83 bits per heavy atom. The number of carbonyl (C=O) groups is 2. The first-order valence-corrected chi connectivity index (χ1v) is 15.4. The highest BCUT2D eigenvalue weighted by Gasteiger charge is 2.65. The molecule has 2 fully saturated rings. The van der Waals surface area contributed by atoms with Crippen molar-refractivity contribution in [2.75, 3.05) is 11.0 Å². The lowest BCUT2D eigenvalue weighted by molar-refractivity contribution is -0.127. The number of nitrogens with one attached hydrogen (secondary N) is 2. The number of nitriles is 1. The van der Waals surface area contributed by atoms with Crippen LogP contribution in [0.2, 0.25) is 0 Å². The highest BCUT2D eigenvalue weighted by Crippen LogP contribution is 2.65. The predicted octanol–water partition coefficient (Wildman–Crippen LogP) is 4.57. The van der Waals surface area contributed by atoms with Crippen molar-refractivity contribution >= 4 is 27.7 Å². The van der Waals surface area contributed by atoms with Gasteiger partial charge >= 0.3 is 6.09 Å². The largest absolute Gasteiger partial charge is 0.443 e. The summed E-state index contributed by atoms with van der Waals surface area (Å²) in [6.45, 7) is 7.40. The average molecular weight is 581 g/mol. The number of hydrogen-bond donors (Lipinski definition) is 2. The molecule has 3 aliphatic rings. The van der Waals surface area contributed by atoms with E-state index in [4.69, 9.17) is 4.74 Å². The molecule has 5 rings (SSSR count). The summed E-state index contributed by atoms with van der Waals surface area (Å²) in [4.78, 5) is 28.1. The highest BCUT2D eigenvalue weighted by molar-refractivity contribution is 7.92. The monoisotopic (exact) mass is 580 g/mol. The van der Waals surface area contributed by atoms with Crippen LogP contribution in [-0.2, 0) is 26.0 Å². The lowest BCUT2D eigenvalue weighted by Gasteiger charge is -2.32. The van der Waals surface area contributed by atoms with Crippen molar-refractivity contribution in [3.63, 3.8) is 0 Å². The molecule has 2 bridgehead atoms. The van der Waals surface area contributed by atoms with Gasteiger partial charge in [-0.3, -0.25) is 14.4 Å². The van der Waals surface area contributed by atoms with Gasteiger partial charge in [-0.05, 0) is 79.5 Å².